The topological polar surface area (TPSA) is 37.8 Å². The molecule has 0 radical (unpaired) electrons. The van der Waals surface area contributed by atoms with Gasteiger partial charge in [-0.05, 0) is 42.8 Å². The van der Waals surface area contributed by atoms with Crippen LogP contribution in [0.3, 0.4) is 0 Å². The molecule has 1 N–H and O–H groups in total. The predicted molar refractivity (Wildman–Crippen MR) is 75.8 cm³/mol. The Morgan fingerprint density at radius 2 is 1.94 bits per heavy atom. The fraction of sp³-hybridized carbons (Fsp3) is 0.286. The molecular weight excluding hydrogens is 244 g/mol. The van der Waals surface area contributed by atoms with Crippen molar-refractivity contribution in [1.82, 2.24) is 9.55 Å². The highest BCUT2D eigenvalue weighted by molar-refractivity contribution is 7.71. The van der Waals surface area contributed by atoms with E-state index in [4.69, 9.17) is 12.2 Å². The van der Waals surface area contributed by atoms with E-state index in [-0.39, 0.29) is 5.56 Å². The van der Waals surface area contributed by atoms with E-state index in [9.17, 15) is 4.79 Å². The SMILES string of the molecule is CCCCc1ccc(-n2ccc(=O)[nH]c2=S)cc1. The zero-order valence-electron chi connectivity index (χ0n) is 10.3. The van der Waals surface area contributed by atoms with Crippen molar-refractivity contribution in [2.45, 2.75) is 26.2 Å². The maximum atomic E-state index is 11.1. The lowest BCUT2D eigenvalue weighted by Gasteiger charge is -2.07. The third-order valence-corrected chi connectivity index (χ3v) is 3.16. The summed E-state index contributed by atoms with van der Waals surface area (Å²) in [6, 6.07) is 9.74. The summed E-state index contributed by atoms with van der Waals surface area (Å²) < 4.78 is 2.21. The number of hydrogen-bond donors (Lipinski definition) is 1. The van der Waals surface area contributed by atoms with Crippen LogP contribution < -0.4 is 5.56 Å². The molecule has 3 nitrogen and oxygen atoms in total. The Bertz CT molecular complexity index is 625. The Hall–Kier alpha value is -1.68. The number of aromatic amines is 1. The standard InChI is InChI=1S/C14H16N2OS/c1-2-3-4-11-5-7-12(8-6-11)16-10-9-13(17)15-14(16)18/h5-10H,2-4H2,1H3,(H,15,17,18). The summed E-state index contributed by atoms with van der Waals surface area (Å²) in [5, 5.41) is 0. The van der Waals surface area contributed by atoms with Gasteiger partial charge in [-0.25, -0.2) is 0 Å². The van der Waals surface area contributed by atoms with E-state index in [0.717, 1.165) is 12.1 Å². The van der Waals surface area contributed by atoms with Crippen LogP contribution in [0.4, 0.5) is 0 Å². The first kappa shape index (κ1) is 12.8. The molecule has 1 aromatic heterocycles. The van der Waals surface area contributed by atoms with Crippen molar-refractivity contribution in [3.05, 3.63) is 57.2 Å². The molecule has 94 valence electrons. The predicted octanol–water partition coefficient (Wildman–Crippen LogP) is 3.24. The van der Waals surface area contributed by atoms with Gasteiger partial charge in [0.2, 0.25) is 0 Å². The zero-order valence-corrected chi connectivity index (χ0v) is 11.2. The van der Waals surface area contributed by atoms with Crippen LogP contribution in [0.5, 0.6) is 0 Å². The van der Waals surface area contributed by atoms with Crippen LogP contribution in [-0.4, -0.2) is 9.55 Å². The first-order chi connectivity index (χ1) is 8.70. The molecule has 0 saturated carbocycles. The average Bonchev–Trinajstić information content (AvgIpc) is 2.37. The molecule has 0 aliphatic heterocycles. The number of benzene rings is 1. The zero-order chi connectivity index (χ0) is 13.0. The largest absolute Gasteiger partial charge is 0.299 e. The van der Waals surface area contributed by atoms with E-state index in [1.54, 1.807) is 10.8 Å². The highest BCUT2D eigenvalue weighted by atomic mass is 32.1. The van der Waals surface area contributed by atoms with Gasteiger partial charge in [0.15, 0.2) is 4.77 Å². The molecule has 2 aromatic rings. The van der Waals surface area contributed by atoms with Crippen LogP contribution in [0.25, 0.3) is 5.69 Å². The molecule has 18 heavy (non-hydrogen) atoms. The number of H-pyrrole nitrogens is 1. The number of rotatable bonds is 4. The second kappa shape index (κ2) is 5.78. The quantitative estimate of drug-likeness (QED) is 0.857. The van der Waals surface area contributed by atoms with Gasteiger partial charge < -0.3 is 0 Å². The second-order valence-electron chi connectivity index (χ2n) is 4.25. The van der Waals surface area contributed by atoms with Gasteiger partial charge >= 0.3 is 0 Å². The molecule has 0 fully saturated rings. The minimum atomic E-state index is -0.171. The van der Waals surface area contributed by atoms with Crippen molar-refractivity contribution in [2.75, 3.05) is 0 Å². The minimum absolute atomic E-state index is 0.171. The molecule has 2 rings (SSSR count). The molecule has 4 heteroatoms. The number of nitrogens with zero attached hydrogens (tertiary/aromatic N) is 1. The highest BCUT2D eigenvalue weighted by Gasteiger charge is 1.98. The summed E-state index contributed by atoms with van der Waals surface area (Å²) >= 11 is 5.13. The van der Waals surface area contributed by atoms with Crippen molar-refractivity contribution in [3.63, 3.8) is 0 Å². The summed E-state index contributed by atoms with van der Waals surface area (Å²) in [6.07, 6.45) is 5.21. The normalized spacial score (nSPS) is 10.5. The lowest BCUT2D eigenvalue weighted by molar-refractivity contribution is 0.794. The third-order valence-electron chi connectivity index (χ3n) is 2.86. The summed E-state index contributed by atoms with van der Waals surface area (Å²) in [7, 11) is 0. The summed E-state index contributed by atoms with van der Waals surface area (Å²) in [5.41, 5.74) is 2.13. The first-order valence-corrected chi connectivity index (χ1v) is 6.53. The Kier molecular flexibility index (Phi) is 4.10. The van der Waals surface area contributed by atoms with E-state index in [1.165, 1.54) is 24.5 Å². The summed E-state index contributed by atoms with van der Waals surface area (Å²) in [4.78, 5) is 13.7. The lowest BCUT2D eigenvalue weighted by Crippen LogP contribution is -2.09. The van der Waals surface area contributed by atoms with Crippen LogP contribution in [0.1, 0.15) is 25.3 Å². The molecule has 1 heterocycles. The van der Waals surface area contributed by atoms with Crippen LogP contribution in [0.2, 0.25) is 0 Å². The van der Waals surface area contributed by atoms with E-state index in [2.05, 4.69) is 24.0 Å². The van der Waals surface area contributed by atoms with Gasteiger partial charge in [0, 0.05) is 18.0 Å². The van der Waals surface area contributed by atoms with Gasteiger partial charge in [-0.15, -0.1) is 0 Å². The van der Waals surface area contributed by atoms with Gasteiger partial charge in [0.1, 0.15) is 0 Å². The van der Waals surface area contributed by atoms with Crippen LogP contribution in [0.15, 0.2) is 41.3 Å². The molecule has 0 saturated heterocycles. The smallest absolute Gasteiger partial charge is 0.251 e. The summed E-state index contributed by atoms with van der Waals surface area (Å²) in [5.74, 6) is 0. The van der Waals surface area contributed by atoms with E-state index < -0.39 is 0 Å². The van der Waals surface area contributed by atoms with Crippen molar-refractivity contribution in [1.29, 1.82) is 0 Å². The molecule has 0 aliphatic carbocycles. The van der Waals surface area contributed by atoms with E-state index in [1.807, 2.05) is 12.1 Å². The second-order valence-corrected chi connectivity index (χ2v) is 4.64. The monoisotopic (exact) mass is 260 g/mol. The molecule has 0 atom stereocenters. The van der Waals surface area contributed by atoms with Crippen molar-refractivity contribution < 1.29 is 0 Å². The van der Waals surface area contributed by atoms with Gasteiger partial charge in [-0.2, -0.15) is 0 Å². The van der Waals surface area contributed by atoms with Gasteiger partial charge in [-0.1, -0.05) is 25.5 Å². The average molecular weight is 260 g/mol. The summed E-state index contributed by atoms with van der Waals surface area (Å²) in [6.45, 7) is 2.19. The van der Waals surface area contributed by atoms with Crippen LogP contribution in [-0.2, 0) is 6.42 Å². The fourth-order valence-corrected chi connectivity index (χ4v) is 2.09. The minimum Gasteiger partial charge on any atom is -0.299 e. The van der Waals surface area contributed by atoms with Crippen molar-refractivity contribution >= 4 is 12.2 Å². The van der Waals surface area contributed by atoms with Gasteiger partial charge in [-0.3, -0.25) is 14.3 Å². The maximum absolute atomic E-state index is 11.1. The van der Waals surface area contributed by atoms with Crippen molar-refractivity contribution in [2.24, 2.45) is 0 Å². The fourth-order valence-electron chi connectivity index (χ4n) is 1.82. The van der Waals surface area contributed by atoms with Crippen LogP contribution >= 0.6 is 12.2 Å². The molecule has 0 spiro atoms. The third kappa shape index (κ3) is 2.96. The highest BCUT2D eigenvalue weighted by Crippen LogP contribution is 2.11. The number of hydrogen-bond acceptors (Lipinski definition) is 2. The Morgan fingerprint density at radius 3 is 2.56 bits per heavy atom. The van der Waals surface area contributed by atoms with Crippen molar-refractivity contribution in [3.8, 4) is 5.69 Å². The molecule has 0 bridgehead atoms. The number of aryl methyl sites for hydroxylation is 1. The van der Waals surface area contributed by atoms with Crippen LogP contribution in [0, 0.1) is 4.77 Å². The van der Waals surface area contributed by atoms with E-state index in [0.29, 0.717) is 4.77 Å². The molecular formula is C14H16N2OS. The Balaban J connectivity index is 2.29. The number of nitrogens with one attached hydrogen (secondary N) is 1. The lowest BCUT2D eigenvalue weighted by atomic mass is 10.1. The molecule has 0 amide bonds. The van der Waals surface area contributed by atoms with E-state index >= 15 is 0 Å². The molecule has 1 aromatic carbocycles. The van der Waals surface area contributed by atoms with Gasteiger partial charge in [0.25, 0.3) is 5.56 Å². The number of aromatic nitrogens is 2. The maximum Gasteiger partial charge on any atom is 0.251 e. The molecule has 0 aliphatic rings. The Morgan fingerprint density at radius 1 is 1.22 bits per heavy atom. The number of unbranched alkanes of at least 4 members (excludes halogenated alkanes) is 1. The first-order valence-electron chi connectivity index (χ1n) is 6.12. The Labute approximate surface area is 111 Å². The molecule has 0 unspecified atom stereocenters. The van der Waals surface area contributed by atoms with Gasteiger partial charge in [0.05, 0.1) is 0 Å².